The average molecular weight is 490 g/mol. The summed E-state index contributed by atoms with van der Waals surface area (Å²) in [4.78, 5) is 20.5. The molecule has 186 valence electrons. The number of pyridine rings is 1. The molecule has 35 heavy (non-hydrogen) atoms. The molecule has 0 bridgehead atoms. The zero-order valence-electron chi connectivity index (χ0n) is 19.4. The summed E-state index contributed by atoms with van der Waals surface area (Å²) in [5, 5.41) is 0. The fraction of sp³-hybridized carbons (Fsp3) is 0.417. The van der Waals surface area contributed by atoms with Crippen molar-refractivity contribution in [1.82, 2.24) is 19.9 Å². The molecule has 0 radical (unpaired) electrons. The maximum atomic E-state index is 13.4. The number of halogens is 4. The van der Waals surface area contributed by atoms with Crippen molar-refractivity contribution in [1.29, 1.82) is 0 Å². The Kier molecular flexibility index (Phi) is 7.32. The molecule has 11 heteroatoms. The molecule has 0 unspecified atom stereocenters. The Morgan fingerprint density at radius 2 is 1.66 bits per heavy atom. The van der Waals surface area contributed by atoms with E-state index in [2.05, 4.69) is 19.9 Å². The van der Waals surface area contributed by atoms with Gasteiger partial charge in [0.15, 0.2) is 0 Å². The van der Waals surface area contributed by atoms with E-state index in [9.17, 15) is 17.6 Å². The highest BCUT2D eigenvalue weighted by atomic mass is 19.4. The van der Waals surface area contributed by atoms with E-state index in [-0.39, 0.29) is 17.6 Å². The first-order valence-electron chi connectivity index (χ1n) is 11.5. The molecule has 0 atom stereocenters. The number of alkyl halides is 3. The van der Waals surface area contributed by atoms with Gasteiger partial charge in [0, 0.05) is 38.8 Å². The normalized spacial score (nSPS) is 14.4. The number of unbranched alkanes of at least 4 members (excludes halogenated alkanes) is 1. The average Bonchev–Trinajstić information content (AvgIpc) is 2.83. The van der Waals surface area contributed by atoms with Gasteiger partial charge in [-0.05, 0) is 55.5 Å². The van der Waals surface area contributed by atoms with Crippen molar-refractivity contribution in [3.8, 4) is 0 Å². The molecule has 3 aromatic rings. The number of piperazine rings is 1. The number of aromatic nitrogens is 4. The number of benzene rings is 1. The van der Waals surface area contributed by atoms with Crippen LogP contribution in [0.25, 0.3) is 0 Å². The Morgan fingerprint density at radius 3 is 2.37 bits per heavy atom. The van der Waals surface area contributed by atoms with Crippen molar-refractivity contribution in [3.63, 3.8) is 0 Å². The van der Waals surface area contributed by atoms with Gasteiger partial charge in [-0.15, -0.1) is 0 Å². The van der Waals surface area contributed by atoms with Crippen LogP contribution in [0.5, 0.6) is 0 Å². The van der Waals surface area contributed by atoms with Gasteiger partial charge in [-0.1, -0.05) is 12.1 Å². The van der Waals surface area contributed by atoms with Crippen molar-refractivity contribution in [2.24, 2.45) is 0 Å². The van der Waals surface area contributed by atoms with Crippen LogP contribution in [0.4, 0.5) is 35.3 Å². The lowest BCUT2D eigenvalue weighted by molar-refractivity contribution is -0.137. The summed E-state index contributed by atoms with van der Waals surface area (Å²) >= 11 is 0. The van der Waals surface area contributed by atoms with Crippen LogP contribution in [0.15, 0.2) is 36.5 Å². The molecule has 1 saturated heterocycles. The molecule has 4 rings (SSSR count). The Hall–Kier alpha value is -3.50. The Bertz CT molecular complexity index is 1160. The van der Waals surface area contributed by atoms with Crippen molar-refractivity contribution >= 4 is 17.7 Å². The highest BCUT2D eigenvalue weighted by Crippen LogP contribution is 2.35. The first-order valence-corrected chi connectivity index (χ1v) is 11.5. The Morgan fingerprint density at radius 1 is 0.943 bits per heavy atom. The van der Waals surface area contributed by atoms with Gasteiger partial charge >= 0.3 is 6.18 Å². The van der Waals surface area contributed by atoms with Crippen LogP contribution in [-0.4, -0.2) is 46.1 Å². The lowest BCUT2D eigenvalue weighted by Gasteiger charge is -2.36. The van der Waals surface area contributed by atoms with E-state index in [1.165, 1.54) is 18.3 Å². The standard InChI is InChI=1S/C24H27F4N7/c1-16-15-17(8-9-19(16)25)5-2-3-7-20-31-22(29)33-23(32-20)35-13-11-34(12-14-35)21-18(24(26,27)28)6-4-10-30-21/h4,6,8-10,15H,2-3,5,7,11-14H2,1H3,(H2,29,31,32,33). The van der Waals surface area contributed by atoms with Crippen LogP contribution >= 0.6 is 0 Å². The van der Waals surface area contributed by atoms with Crippen LogP contribution < -0.4 is 15.5 Å². The molecule has 1 aromatic carbocycles. The summed E-state index contributed by atoms with van der Waals surface area (Å²) in [6, 6.07) is 7.48. The molecule has 0 aliphatic carbocycles. The first kappa shape index (κ1) is 24.6. The number of nitrogens with zero attached hydrogens (tertiary/aromatic N) is 6. The van der Waals surface area contributed by atoms with Crippen molar-refractivity contribution in [2.75, 3.05) is 41.7 Å². The third kappa shape index (κ3) is 6.14. The molecule has 1 aliphatic rings. The summed E-state index contributed by atoms with van der Waals surface area (Å²) in [6.45, 7) is 3.30. The van der Waals surface area contributed by atoms with Gasteiger partial charge in [-0.3, -0.25) is 0 Å². The van der Waals surface area contributed by atoms with E-state index in [0.717, 1.165) is 30.9 Å². The maximum Gasteiger partial charge on any atom is 0.419 e. The number of rotatable bonds is 7. The van der Waals surface area contributed by atoms with Gasteiger partial charge in [0.05, 0.1) is 5.56 Å². The van der Waals surface area contributed by atoms with Crippen molar-refractivity contribution in [3.05, 3.63) is 64.9 Å². The monoisotopic (exact) mass is 489 g/mol. The topological polar surface area (TPSA) is 84.1 Å². The second-order valence-corrected chi connectivity index (χ2v) is 8.55. The van der Waals surface area contributed by atoms with Gasteiger partial charge in [-0.25, -0.2) is 9.37 Å². The molecule has 0 spiro atoms. The maximum absolute atomic E-state index is 13.4. The first-order chi connectivity index (χ1) is 16.7. The van der Waals surface area contributed by atoms with E-state index in [4.69, 9.17) is 5.73 Å². The molecule has 2 aromatic heterocycles. The summed E-state index contributed by atoms with van der Waals surface area (Å²) in [7, 11) is 0. The molecule has 1 aliphatic heterocycles. The van der Waals surface area contributed by atoms with E-state index in [1.54, 1.807) is 17.9 Å². The third-order valence-corrected chi connectivity index (χ3v) is 5.98. The molecule has 2 N–H and O–H groups in total. The second kappa shape index (κ2) is 10.4. The van der Waals surface area contributed by atoms with Gasteiger partial charge in [-0.2, -0.15) is 28.1 Å². The highest BCUT2D eigenvalue weighted by molar-refractivity contribution is 5.50. The van der Waals surface area contributed by atoms with Gasteiger partial charge in [0.1, 0.15) is 17.5 Å². The van der Waals surface area contributed by atoms with Crippen LogP contribution in [0.3, 0.4) is 0 Å². The molecular weight excluding hydrogens is 462 g/mol. The Balaban J connectivity index is 1.34. The fourth-order valence-corrected chi connectivity index (χ4v) is 4.14. The minimum atomic E-state index is -4.46. The lowest BCUT2D eigenvalue weighted by atomic mass is 10.0. The molecule has 1 fully saturated rings. The minimum Gasteiger partial charge on any atom is -0.368 e. The van der Waals surface area contributed by atoms with E-state index in [1.807, 2.05) is 11.0 Å². The summed E-state index contributed by atoms with van der Waals surface area (Å²) in [5.74, 6) is 0.855. The van der Waals surface area contributed by atoms with Gasteiger partial charge in [0.2, 0.25) is 11.9 Å². The SMILES string of the molecule is Cc1cc(CCCCc2nc(N)nc(N3CCN(c4ncccc4C(F)(F)F)CC3)n2)ccc1F. The van der Waals surface area contributed by atoms with Crippen LogP contribution in [0.1, 0.15) is 35.4 Å². The van der Waals surface area contributed by atoms with E-state index in [0.29, 0.717) is 49.9 Å². The van der Waals surface area contributed by atoms with Crippen LogP contribution in [0.2, 0.25) is 0 Å². The van der Waals surface area contributed by atoms with Gasteiger partial charge in [0.25, 0.3) is 0 Å². The molecular formula is C24H27F4N7. The molecule has 0 saturated carbocycles. The number of hydrogen-bond acceptors (Lipinski definition) is 7. The summed E-state index contributed by atoms with van der Waals surface area (Å²) in [6.07, 6.45) is 0.0525. The Labute approximate surface area is 201 Å². The predicted octanol–water partition coefficient (Wildman–Crippen LogP) is 4.21. The van der Waals surface area contributed by atoms with Crippen LogP contribution in [0, 0.1) is 12.7 Å². The third-order valence-electron chi connectivity index (χ3n) is 5.98. The lowest BCUT2D eigenvalue weighted by Crippen LogP contribution is -2.48. The molecule has 0 amide bonds. The quantitative estimate of drug-likeness (QED) is 0.393. The van der Waals surface area contributed by atoms with Gasteiger partial charge < -0.3 is 15.5 Å². The van der Waals surface area contributed by atoms with Crippen molar-refractivity contribution in [2.45, 2.75) is 38.8 Å². The number of nitrogens with two attached hydrogens (primary N) is 1. The number of nitrogen functional groups attached to an aromatic ring is 1. The fourth-order valence-electron chi connectivity index (χ4n) is 4.14. The number of hydrogen-bond donors (Lipinski definition) is 1. The zero-order chi connectivity index (χ0) is 25.0. The minimum absolute atomic E-state index is 0.0631. The summed E-state index contributed by atoms with van der Waals surface area (Å²) in [5.41, 5.74) is 6.89. The number of aryl methyl sites for hydroxylation is 3. The van der Waals surface area contributed by atoms with Crippen molar-refractivity contribution < 1.29 is 17.6 Å². The largest absolute Gasteiger partial charge is 0.419 e. The smallest absolute Gasteiger partial charge is 0.368 e. The van der Waals surface area contributed by atoms with E-state index >= 15 is 0 Å². The molecule has 7 nitrogen and oxygen atoms in total. The zero-order valence-corrected chi connectivity index (χ0v) is 19.4. The number of anilines is 3. The predicted molar refractivity (Wildman–Crippen MR) is 126 cm³/mol. The highest BCUT2D eigenvalue weighted by Gasteiger charge is 2.36. The summed E-state index contributed by atoms with van der Waals surface area (Å²) < 4.78 is 53.5. The van der Waals surface area contributed by atoms with Crippen LogP contribution in [-0.2, 0) is 19.0 Å². The second-order valence-electron chi connectivity index (χ2n) is 8.55. The molecule has 3 heterocycles. The van der Waals surface area contributed by atoms with E-state index < -0.39 is 11.7 Å².